The number of anilines is 1. The molecule has 0 bridgehead atoms. The Hall–Kier alpha value is -2.52. The average Bonchev–Trinajstić information content (AvgIpc) is 3.51. The Morgan fingerprint density at radius 1 is 1.09 bits per heavy atom. The molecule has 0 saturated carbocycles. The van der Waals surface area contributed by atoms with Gasteiger partial charge in [0.15, 0.2) is 5.76 Å². The van der Waals surface area contributed by atoms with E-state index >= 15 is 0 Å². The summed E-state index contributed by atoms with van der Waals surface area (Å²) in [6, 6.07) is 1.94. The SMILES string of the molecule is Cc1cc(-c2cnc(N3CCN(C)CC3)nc2C2CCN(C(=O)[C@@H]3CCCO3)CC2)on1. The highest BCUT2D eigenvalue weighted by Gasteiger charge is 2.33. The molecule has 3 fully saturated rings. The lowest BCUT2D eigenvalue weighted by molar-refractivity contribution is -0.142. The van der Waals surface area contributed by atoms with Gasteiger partial charge in [-0.05, 0) is 39.7 Å². The maximum Gasteiger partial charge on any atom is 0.251 e. The first-order chi connectivity index (χ1) is 15.6. The van der Waals surface area contributed by atoms with E-state index < -0.39 is 0 Å². The second-order valence-electron chi connectivity index (χ2n) is 9.19. The fraction of sp³-hybridized carbons (Fsp3) is 0.652. The zero-order valence-corrected chi connectivity index (χ0v) is 19.0. The summed E-state index contributed by atoms with van der Waals surface area (Å²) in [4.78, 5) is 29.1. The Balaban J connectivity index is 1.37. The van der Waals surface area contributed by atoms with Gasteiger partial charge < -0.3 is 24.0 Å². The van der Waals surface area contributed by atoms with Crippen LogP contribution in [0.5, 0.6) is 0 Å². The number of hydrogen-bond donors (Lipinski definition) is 0. The van der Waals surface area contributed by atoms with Gasteiger partial charge in [0.1, 0.15) is 6.10 Å². The van der Waals surface area contributed by atoms with E-state index in [1.165, 1.54) is 0 Å². The summed E-state index contributed by atoms with van der Waals surface area (Å²) < 4.78 is 11.2. The van der Waals surface area contributed by atoms with E-state index in [1.54, 1.807) is 0 Å². The molecule has 3 saturated heterocycles. The summed E-state index contributed by atoms with van der Waals surface area (Å²) >= 11 is 0. The maximum atomic E-state index is 12.8. The first kappa shape index (κ1) is 21.3. The summed E-state index contributed by atoms with van der Waals surface area (Å²) in [5, 5.41) is 4.07. The smallest absolute Gasteiger partial charge is 0.251 e. The monoisotopic (exact) mass is 440 g/mol. The highest BCUT2D eigenvalue weighted by molar-refractivity contribution is 5.81. The van der Waals surface area contributed by atoms with Crippen molar-refractivity contribution in [2.24, 2.45) is 0 Å². The summed E-state index contributed by atoms with van der Waals surface area (Å²) in [7, 11) is 2.14. The molecule has 0 aliphatic carbocycles. The van der Waals surface area contributed by atoms with Crippen molar-refractivity contribution in [3.63, 3.8) is 0 Å². The number of amides is 1. The molecule has 0 radical (unpaired) electrons. The minimum Gasteiger partial charge on any atom is -0.368 e. The molecule has 0 N–H and O–H groups in total. The summed E-state index contributed by atoms with van der Waals surface area (Å²) in [6.07, 6.45) is 5.20. The Kier molecular flexibility index (Phi) is 6.10. The highest BCUT2D eigenvalue weighted by atomic mass is 16.5. The van der Waals surface area contributed by atoms with Crippen LogP contribution in [0.25, 0.3) is 11.3 Å². The second-order valence-corrected chi connectivity index (χ2v) is 9.19. The van der Waals surface area contributed by atoms with Crippen LogP contribution < -0.4 is 4.90 Å². The van der Waals surface area contributed by atoms with Crippen molar-refractivity contribution < 1.29 is 14.1 Å². The van der Waals surface area contributed by atoms with Gasteiger partial charge in [0.2, 0.25) is 5.95 Å². The van der Waals surface area contributed by atoms with E-state index in [-0.39, 0.29) is 17.9 Å². The minimum atomic E-state index is -0.248. The van der Waals surface area contributed by atoms with Gasteiger partial charge in [-0.1, -0.05) is 5.16 Å². The molecule has 9 nitrogen and oxygen atoms in total. The van der Waals surface area contributed by atoms with Crippen LogP contribution in [0.2, 0.25) is 0 Å². The van der Waals surface area contributed by atoms with Crippen molar-refractivity contribution in [1.29, 1.82) is 0 Å². The number of piperidine rings is 1. The Morgan fingerprint density at radius 2 is 1.88 bits per heavy atom. The molecule has 9 heteroatoms. The quantitative estimate of drug-likeness (QED) is 0.714. The number of carbonyl (C=O) groups is 1. The van der Waals surface area contributed by atoms with E-state index in [1.807, 2.05) is 24.1 Å². The molecule has 3 aliphatic rings. The zero-order chi connectivity index (χ0) is 22.1. The maximum absolute atomic E-state index is 12.8. The normalized spacial score (nSPS) is 23.1. The van der Waals surface area contributed by atoms with Crippen LogP contribution in [0.4, 0.5) is 5.95 Å². The molecule has 3 aliphatic heterocycles. The van der Waals surface area contributed by atoms with Crippen LogP contribution in [-0.2, 0) is 9.53 Å². The molecular formula is C23H32N6O3. The molecule has 0 unspecified atom stereocenters. The first-order valence-electron chi connectivity index (χ1n) is 11.7. The summed E-state index contributed by atoms with van der Waals surface area (Å²) in [6.45, 7) is 7.93. The van der Waals surface area contributed by atoms with Crippen LogP contribution in [-0.4, -0.2) is 89.9 Å². The van der Waals surface area contributed by atoms with Gasteiger partial charge in [-0.25, -0.2) is 9.97 Å². The lowest BCUT2D eigenvalue weighted by Crippen LogP contribution is -2.45. The molecule has 0 spiro atoms. The Labute approximate surface area is 188 Å². The van der Waals surface area contributed by atoms with Crippen LogP contribution >= 0.6 is 0 Å². The number of aryl methyl sites for hydroxylation is 1. The summed E-state index contributed by atoms with van der Waals surface area (Å²) in [5.41, 5.74) is 2.76. The fourth-order valence-electron chi connectivity index (χ4n) is 4.88. The minimum absolute atomic E-state index is 0.146. The number of rotatable bonds is 4. The molecule has 5 heterocycles. The number of likely N-dealkylation sites (N-methyl/N-ethyl adjacent to an activating group) is 1. The van der Waals surface area contributed by atoms with Crippen LogP contribution in [0.15, 0.2) is 16.8 Å². The van der Waals surface area contributed by atoms with Gasteiger partial charge >= 0.3 is 0 Å². The third-order valence-corrected chi connectivity index (χ3v) is 6.88. The van der Waals surface area contributed by atoms with Crippen LogP contribution in [0, 0.1) is 6.92 Å². The standard InChI is InChI=1S/C23H32N6O3/c1-16-14-20(32-26-16)18-15-24-23(29-11-9-27(2)10-12-29)25-21(18)17-5-7-28(8-6-17)22(30)19-4-3-13-31-19/h14-15,17,19H,3-13H2,1-2H3/t19-/m0/s1. The average molecular weight is 441 g/mol. The molecular weight excluding hydrogens is 408 g/mol. The van der Waals surface area contributed by atoms with Gasteiger partial charge in [0.25, 0.3) is 5.91 Å². The van der Waals surface area contributed by atoms with Crippen molar-refractivity contribution >= 4 is 11.9 Å². The number of piperazine rings is 1. The molecule has 2 aromatic heterocycles. The molecule has 32 heavy (non-hydrogen) atoms. The Morgan fingerprint density at radius 3 is 2.53 bits per heavy atom. The van der Waals surface area contributed by atoms with Crippen molar-refractivity contribution in [3.8, 4) is 11.3 Å². The number of hydrogen-bond acceptors (Lipinski definition) is 8. The van der Waals surface area contributed by atoms with Gasteiger partial charge in [0.05, 0.1) is 17.0 Å². The van der Waals surface area contributed by atoms with Gasteiger partial charge in [-0.2, -0.15) is 0 Å². The second kappa shape index (κ2) is 9.15. The molecule has 0 aromatic carbocycles. The molecule has 2 aromatic rings. The van der Waals surface area contributed by atoms with Gasteiger partial charge in [0, 0.05) is 64.1 Å². The van der Waals surface area contributed by atoms with E-state index in [4.69, 9.17) is 19.2 Å². The topological polar surface area (TPSA) is 87.8 Å². The predicted molar refractivity (Wildman–Crippen MR) is 120 cm³/mol. The number of carbonyl (C=O) groups excluding carboxylic acids is 1. The van der Waals surface area contributed by atoms with Crippen LogP contribution in [0.1, 0.15) is 43.0 Å². The van der Waals surface area contributed by atoms with Crippen molar-refractivity contribution in [2.75, 3.05) is 57.8 Å². The summed E-state index contributed by atoms with van der Waals surface area (Å²) in [5.74, 6) is 1.89. The van der Waals surface area contributed by atoms with Crippen LogP contribution in [0.3, 0.4) is 0 Å². The number of ether oxygens (including phenoxy) is 1. The third kappa shape index (κ3) is 4.36. The molecule has 1 atom stereocenters. The van der Waals surface area contributed by atoms with E-state index in [0.717, 1.165) is 87.9 Å². The molecule has 172 valence electrons. The van der Waals surface area contributed by atoms with E-state index in [2.05, 4.69) is 22.0 Å². The first-order valence-corrected chi connectivity index (χ1v) is 11.7. The van der Waals surface area contributed by atoms with Crippen molar-refractivity contribution in [3.05, 3.63) is 23.7 Å². The lowest BCUT2D eigenvalue weighted by atomic mass is 9.90. The van der Waals surface area contributed by atoms with Gasteiger partial charge in [-0.3, -0.25) is 4.79 Å². The molecule has 5 rings (SSSR count). The largest absolute Gasteiger partial charge is 0.368 e. The third-order valence-electron chi connectivity index (χ3n) is 6.88. The fourth-order valence-corrected chi connectivity index (χ4v) is 4.88. The Bertz CT molecular complexity index is 941. The number of aromatic nitrogens is 3. The number of nitrogens with zero attached hydrogens (tertiary/aromatic N) is 6. The zero-order valence-electron chi connectivity index (χ0n) is 19.0. The van der Waals surface area contributed by atoms with E-state index in [0.29, 0.717) is 12.4 Å². The van der Waals surface area contributed by atoms with Crippen molar-refractivity contribution in [2.45, 2.75) is 44.6 Å². The highest BCUT2D eigenvalue weighted by Crippen LogP contribution is 2.35. The van der Waals surface area contributed by atoms with Gasteiger partial charge in [-0.15, -0.1) is 0 Å². The number of likely N-dealkylation sites (tertiary alicyclic amines) is 1. The lowest BCUT2D eigenvalue weighted by Gasteiger charge is -2.35. The van der Waals surface area contributed by atoms with E-state index in [9.17, 15) is 4.79 Å². The molecule has 1 amide bonds. The van der Waals surface area contributed by atoms with Crippen molar-refractivity contribution in [1.82, 2.24) is 24.9 Å². The predicted octanol–water partition coefficient (Wildman–Crippen LogP) is 2.08.